The minimum Gasteiger partial charge on any atom is -0.372 e. The van der Waals surface area contributed by atoms with Gasteiger partial charge in [0.15, 0.2) is 0 Å². The topological polar surface area (TPSA) is 58.1 Å². The molecule has 1 fully saturated rings. The van der Waals surface area contributed by atoms with E-state index in [1.165, 1.54) is 12.8 Å². The average Bonchev–Trinajstić information content (AvgIpc) is 3.00. The summed E-state index contributed by atoms with van der Waals surface area (Å²) in [4.78, 5) is 28.9. The highest BCUT2D eigenvalue weighted by Crippen LogP contribution is 2.21. The van der Waals surface area contributed by atoms with Crippen LogP contribution in [0.2, 0.25) is 5.15 Å². The number of hydrogen-bond acceptors (Lipinski definition) is 3. The van der Waals surface area contributed by atoms with Crippen molar-refractivity contribution in [3.05, 3.63) is 55.8 Å². The Morgan fingerprint density at radius 3 is 2.24 bits per heavy atom. The molecule has 0 unspecified atom stereocenters. The molecule has 0 radical (unpaired) electrons. The van der Waals surface area contributed by atoms with Crippen LogP contribution < -0.4 is 16.1 Å². The first-order valence-corrected chi connectivity index (χ1v) is 7.32. The lowest BCUT2D eigenvalue weighted by atomic mass is 10.2. The molecule has 0 atom stereocenters. The van der Waals surface area contributed by atoms with Crippen molar-refractivity contribution in [3.63, 3.8) is 0 Å². The van der Waals surface area contributed by atoms with Gasteiger partial charge in [-0.2, -0.15) is 0 Å². The molecule has 0 saturated carbocycles. The smallest absolute Gasteiger partial charge is 0.334 e. The number of aromatic amines is 1. The Hall–Kier alpha value is -2.01. The van der Waals surface area contributed by atoms with Crippen molar-refractivity contribution >= 4 is 17.3 Å². The fourth-order valence-corrected chi connectivity index (χ4v) is 2.78. The van der Waals surface area contributed by atoms with Gasteiger partial charge in [-0.3, -0.25) is 9.78 Å². The normalized spacial score (nSPS) is 14.7. The quantitative estimate of drug-likeness (QED) is 0.864. The predicted molar refractivity (Wildman–Crippen MR) is 83.9 cm³/mol. The number of nitrogens with one attached hydrogen (secondary N) is 1. The number of H-pyrrole nitrogens is 1. The average molecular weight is 306 g/mol. The van der Waals surface area contributed by atoms with Crippen molar-refractivity contribution in [1.29, 1.82) is 0 Å². The number of halogens is 1. The molecule has 0 spiro atoms. The maximum Gasteiger partial charge on any atom is 0.334 e. The molecule has 1 aliphatic heterocycles. The Morgan fingerprint density at radius 2 is 1.62 bits per heavy atom. The third-order valence-electron chi connectivity index (χ3n) is 3.85. The van der Waals surface area contributed by atoms with E-state index in [9.17, 15) is 9.59 Å². The van der Waals surface area contributed by atoms with Crippen LogP contribution in [0.5, 0.6) is 0 Å². The van der Waals surface area contributed by atoms with E-state index in [0.29, 0.717) is 11.3 Å². The van der Waals surface area contributed by atoms with Gasteiger partial charge in [-0.05, 0) is 44.0 Å². The summed E-state index contributed by atoms with van der Waals surface area (Å²) in [5.74, 6) is 0. The summed E-state index contributed by atoms with van der Waals surface area (Å²) in [6, 6.07) is 7.46. The molecule has 1 aromatic carbocycles. The Bertz CT molecular complexity index is 771. The monoisotopic (exact) mass is 305 g/mol. The predicted octanol–water partition coefficient (Wildman–Crippen LogP) is 2.09. The van der Waals surface area contributed by atoms with Crippen LogP contribution in [0.1, 0.15) is 18.4 Å². The number of rotatable bonds is 2. The third-order valence-corrected chi connectivity index (χ3v) is 4.23. The van der Waals surface area contributed by atoms with E-state index in [1.54, 1.807) is 19.1 Å². The molecule has 0 bridgehead atoms. The van der Waals surface area contributed by atoms with E-state index in [2.05, 4.69) is 9.88 Å². The molecule has 0 amide bonds. The fourth-order valence-electron chi connectivity index (χ4n) is 2.62. The molecule has 21 heavy (non-hydrogen) atoms. The van der Waals surface area contributed by atoms with Crippen LogP contribution in [0.4, 0.5) is 5.69 Å². The summed E-state index contributed by atoms with van der Waals surface area (Å²) in [5.41, 5.74) is 1.08. The van der Waals surface area contributed by atoms with Crippen molar-refractivity contribution in [3.8, 4) is 5.69 Å². The molecule has 110 valence electrons. The fraction of sp³-hybridized carbons (Fsp3) is 0.333. The van der Waals surface area contributed by atoms with Gasteiger partial charge in [-0.1, -0.05) is 11.6 Å². The first kappa shape index (κ1) is 13.9. The lowest BCUT2D eigenvalue weighted by molar-refractivity contribution is 0.859. The van der Waals surface area contributed by atoms with Gasteiger partial charge < -0.3 is 4.90 Å². The molecular weight excluding hydrogens is 290 g/mol. The molecular formula is C15H16ClN3O2. The molecule has 1 aliphatic rings. The first-order chi connectivity index (χ1) is 10.1. The Balaban J connectivity index is 2.04. The number of benzene rings is 1. The van der Waals surface area contributed by atoms with Gasteiger partial charge in [0.2, 0.25) is 0 Å². The van der Waals surface area contributed by atoms with E-state index in [-0.39, 0.29) is 5.15 Å². The number of aromatic nitrogens is 2. The Labute approximate surface area is 126 Å². The van der Waals surface area contributed by atoms with Crippen molar-refractivity contribution in [2.24, 2.45) is 0 Å². The maximum atomic E-state index is 12.2. The minimum absolute atomic E-state index is 0.0925. The summed E-state index contributed by atoms with van der Waals surface area (Å²) < 4.78 is 1.11. The summed E-state index contributed by atoms with van der Waals surface area (Å²) in [7, 11) is 0. The van der Waals surface area contributed by atoms with Gasteiger partial charge in [0.25, 0.3) is 5.56 Å². The van der Waals surface area contributed by atoms with E-state index in [4.69, 9.17) is 11.6 Å². The molecule has 2 heterocycles. The van der Waals surface area contributed by atoms with Crippen LogP contribution >= 0.6 is 11.6 Å². The molecule has 1 N–H and O–H groups in total. The minimum atomic E-state index is -0.524. The highest BCUT2D eigenvalue weighted by atomic mass is 35.5. The van der Waals surface area contributed by atoms with Crippen molar-refractivity contribution in [2.75, 3.05) is 18.0 Å². The van der Waals surface area contributed by atoms with Gasteiger partial charge in [-0.15, -0.1) is 0 Å². The van der Waals surface area contributed by atoms with E-state index in [0.717, 1.165) is 23.3 Å². The maximum absolute atomic E-state index is 12.2. The van der Waals surface area contributed by atoms with E-state index >= 15 is 0 Å². The van der Waals surface area contributed by atoms with Crippen molar-refractivity contribution in [1.82, 2.24) is 9.55 Å². The highest BCUT2D eigenvalue weighted by Gasteiger charge is 2.14. The number of hydrogen-bond donors (Lipinski definition) is 1. The summed E-state index contributed by atoms with van der Waals surface area (Å²) in [6.45, 7) is 3.70. The van der Waals surface area contributed by atoms with Crippen LogP contribution in [0, 0.1) is 6.92 Å². The molecule has 3 rings (SSSR count). The molecule has 2 aromatic rings. The van der Waals surface area contributed by atoms with E-state index < -0.39 is 11.2 Å². The largest absolute Gasteiger partial charge is 0.372 e. The zero-order chi connectivity index (χ0) is 15.0. The zero-order valence-corrected chi connectivity index (χ0v) is 12.5. The van der Waals surface area contributed by atoms with E-state index in [1.807, 2.05) is 12.1 Å². The summed E-state index contributed by atoms with van der Waals surface area (Å²) >= 11 is 5.81. The number of anilines is 1. The second-order valence-electron chi connectivity index (χ2n) is 5.22. The molecule has 1 saturated heterocycles. The Kier molecular flexibility index (Phi) is 3.59. The highest BCUT2D eigenvalue weighted by molar-refractivity contribution is 6.30. The van der Waals surface area contributed by atoms with Gasteiger partial charge in [-0.25, -0.2) is 9.36 Å². The van der Waals surface area contributed by atoms with Crippen LogP contribution in [0.3, 0.4) is 0 Å². The van der Waals surface area contributed by atoms with Crippen LogP contribution in [-0.2, 0) is 0 Å². The molecule has 6 heteroatoms. The zero-order valence-electron chi connectivity index (χ0n) is 11.7. The Morgan fingerprint density at radius 1 is 1.05 bits per heavy atom. The number of nitrogens with zero attached hydrogens (tertiary/aromatic N) is 2. The van der Waals surface area contributed by atoms with Gasteiger partial charge >= 0.3 is 5.69 Å². The molecule has 0 aliphatic carbocycles. The third kappa shape index (κ3) is 2.49. The SMILES string of the molecule is Cc1c(Cl)[nH]c(=O)n(-c2ccc(N3CCCC3)cc2)c1=O. The standard InChI is InChI=1S/C15H16ClN3O2/c1-10-13(16)17-15(21)19(14(10)20)12-6-4-11(5-7-12)18-8-2-3-9-18/h4-7H,2-3,8-9H2,1H3,(H,17,21). The summed E-state index contributed by atoms with van der Waals surface area (Å²) in [6.07, 6.45) is 2.41. The molecule has 1 aromatic heterocycles. The van der Waals surface area contributed by atoms with Crippen LogP contribution in [-0.4, -0.2) is 22.6 Å². The van der Waals surface area contributed by atoms with Crippen LogP contribution in [0.25, 0.3) is 5.69 Å². The first-order valence-electron chi connectivity index (χ1n) is 6.95. The van der Waals surface area contributed by atoms with Gasteiger partial charge in [0.05, 0.1) is 11.3 Å². The lowest BCUT2D eigenvalue weighted by Gasteiger charge is -2.17. The summed E-state index contributed by atoms with van der Waals surface area (Å²) in [5, 5.41) is 0.0925. The second kappa shape index (κ2) is 5.41. The molecule has 5 nitrogen and oxygen atoms in total. The second-order valence-corrected chi connectivity index (χ2v) is 5.60. The van der Waals surface area contributed by atoms with Crippen LogP contribution in [0.15, 0.2) is 33.9 Å². The van der Waals surface area contributed by atoms with Gasteiger partial charge in [0, 0.05) is 18.8 Å². The van der Waals surface area contributed by atoms with Crippen molar-refractivity contribution in [2.45, 2.75) is 19.8 Å². The van der Waals surface area contributed by atoms with Crippen molar-refractivity contribution < 1.29 is 0 Å². The van der Waals surface area contributed by atoms with Gasteiger partial charge in [0.1, 0.15) is 5.15 Å². The lowest BCUT2D eigenvalue weighted by Crippen LogP contribution is -2.35.